The van der Waals surface area contributed by atoms with Gasteiger partial charge >= 0.3 is 6.18 Å². The first kappa shape index (κ1) is 13.2. The van der Waals surface area contributed by atoms with Crippen LogP contribution in [0, 0.1) is 0 Å². The number of hydrogen-bond donors (Lipinski definition) is 2. The number of rotatable bonds is 2. The molecule has 5 nitrogen and oxygen atoms in total. The van der Waals surface area contributed by atoms with E-state index < -0.39 is 24.3 Å². The first-order valence-electron chi connectivity index (χ1n) is 5.36. The quantitative estimate of drug-likeness (QED) is 0.811. The second kappa shape index (κ2) is 4.45. The third-order valence-electron chi connectivity index (χ3n) is 2.60. The Bertz CT molecular complexity index is 633. The van der Waals surface area contributed by atoms with Crippen molar-refractivity contribution in [2.45, 2.75) is 12.7 Å². The number of nitrogen functional groups attached to an aromatic ring is 1. The van der Waals surface area contributed by atoms with Gasteiger partial charge in [0.25, 0.3) is 0 Å². The van der Waals surface area contributed by atoms with Crippen LogP contribution in [0.3, 0.4) is 0 Å². The molecule has 2 aromatic rings. The van der Waals surface area contributed by atoms with E-state index in [1.807, 2.05) is 0 Å². The van der Waals surface area contributed by atoms with Crippen LogP contribution in [0.15, 0.2) is 18.2 Å². The van der Waals surface area contributed by atoms with Crippen LogP contribution < -0.4 is 11.1 Å². The van der Waals surface area contributed by atoms with Crippen molar-refractivity contribution in [3.05, 3.63) is 23.9 Å². The lowest BCUT2D eigenvalue weighted by Gasteiger charge is -2.10. The Kier molecular flexibility index (Phi) is 3.09. The standard InChI is InChI=1S/C11H11F3N4O/c1-16-9(19)5-18-10(11(12,13)14)7-3-2-6(15)4-8(7)17-18/h2-4H,5,15H2,1H3,(H,16,19). The van der Waals surface area contributed by atoms with Gasteiger partial charge in [-0.05, 0) is 18.2 Å². The summed E-state index contributed by atoms with van der Waals surface area (Å²) in [6.07, 6.45) is -4.60. The average Bonchev–Trinajstić information content (AvgIpc) is 2.65. The summed E-state index contributed by atoms with van der Waals surface area (Å²) >= 11 is 0. The van der Waals surface area contributed by atoms with Gasteiger partial charge in [-0.1, -0.05) is 0 Å². The molecule has 1 aromatic heterocycles. The second-order valence-electron chi connectivity index (χ2n) is 3.95. The van der Waals surface area contributed by atoms with Gasteiger partial charge in [-0.25, -0.2) is 4.68 Å². The van der Waals surface area contributed by atoms with E-state index in [0.717, 1.165) is 0 Å². The Morgan fingerprint density at radius 3 is 2.74 bits per heavy atom. The maximum Gasteiger partial charge on any atom is 0.433 e. The molecule has 0 radical (unpaired) electrons. The third kappa shape index (κ3) is 2.47. The maximum atomic E-state index is 13.0. The van der Waals surface area contributed by atoms with E-state index in [2.05, 4.69) is 10.4 Å². The molecule has 0 bridgehead atoms. The number of carbonyl (C=O) groups is 1. The molecule has 0 saturated carbocycles. The van der Waals surface area contributed by atoms with Crippen LogP contribution in [0.4, 0.5) is 18.9 Å². The molecule has 1 amide bonds. The summed E-state index contributed by atoms with van der Waals surface area (Å²) in [6, 6.07) is 3.95. The highest BCUT2D eigenvalue weighted by Gasteiger charge is 2.38. The Morgan fingerprint density at radius 1 is 1.47 bits per heavy atom. The third-order valence-corrected chi connectivity index (χ3v) is 2.60. The van der Waals surface area contributed by atoms with E-state index >= 15 is 0 Å². The van der Waals surface area contributed by atoms with Crippen LogP contribution in [0.5, 0.6) is 0 Å². The Balaban J connectivity index is 2.64. The lowest BCUT2D eigenvalue weighted by atomic mass is 10.2. The SMILES string of the molecule is CNC(=O)Cn1nc2cc(N)ccc2c1C(F)(F)F. The van der Waals surface area contributed by atoms with E-state index in [1.54, 1.807) is 0 Å². The molecule has 0 unspecified atom stereocenters. The fraction of sp³-hybridized carbons (Fsp3) is 0.273. The van der Waals surface area contributed by atoms with Gasteiger partial charge in [-0.3, -0.25) is 4.79 Å². The molecule has 1 aromatic carbocycles. The van der Waals surface area contributed by atoms with Crippen molar-refractivity contribution in [1.82, 2.24) is 15.1 Å². The van der Waals surface area contributed by atoms with Crippen molar-refractivity contribution >= 4 is 22.5 Å². The van der Waals surface area contributed by atoms with Crippen LogP contribution in [0.1, 0.15) is 5.69 Å². The minimum atomic E-state index is -4.60. The molecule has 102 valence electrons. The van der Waals surface area contributed by atoms with Crippen LogP contribution in [-0.2, 0) is 17.5 Å². The number of nitrogens with two attached hydrogens (primary N) is 1. The van der Waals surface area contributed by atoms with Crippen LogP contribution in [-0.4, -0.2) is 22.7 Å². The van der Waals surface area contributed by atoms with Crippen molar-refractivity contribution in [1.29, 1.82) is 0 Å². The number of anilines is 1. The van der Waals surface area contributed by atoms with Crippen molar-refractivity contribution in [3.63, 3.8) is 0 Å². The molecule has 8 heteroatoms. The number of fused-ring (bicyclic) bond motifs is 1. The van der Waals surface area contributed by atoms with E-state index in [-0.39, 0.29) is 10.9 Å². The second-order valence-corrected chi connectivity index (χ2v) is 3.95. The van der Waals surface area contributed by atoms with E-state index in [1.165, 1.54) is 25.2 Å². The van der Waals surface area contributed by atoms with Crippen molar-refractivity contribution in [2.75, 3.05) is 12.8 Å². The summed E-state index contributed by atoms with van der Waals surface area (Å²) in [7, 11) is 1.34. The van der Waals surface area contributed by atoms with Crippen molar-refractivity contribution < 1.29 is 18.0 Å². The van der Waals surface area contributed by atoms with Gasteiger partial charge in [0, 0.05) is 18.1 Å². The molecule has 0 aliphatic carbocycles. The highest BCUT2D eigenvalue weighted by atomic mass is 19.4. The molecule has 0 aliphatic heterocycles. The van der Waals surface area contributed by atoms with Gasteiger partial charge in [0.1, 0.15) is 6.54 Å². The molecule has 0 spiro atoms. The molecular formula is C11H11F3N4O. The number of aromatic nitrogens is 2. The van der Waals surface area contributed by atoms with Gasteiger partial charge in [0.05, 0.1) is 5.52 Å². The normalized spacial score (nSPS) is 11.8. The fourth-order valence-electron chi connectivity index (χ4n) is 1.78. The number of hydrogen-bond acceptors (Lipinski definition) is 3. The first-order valence-corrected chi connectivity index (χ1v) is 5.36. The predicted octanol–water partition coefficient (Wildman–Crippen LogP) is 1.38. The number of likely N-dealkylation sites (N-methyl/N-ethyl adjacent to an activating group) is 1. The summed E-state index contributed by atoms with van der Waals surface area (Å²) in [6.45, 7) is -0.500. The Labute approximate surface area is 106 Å². The monoisotopic (exact) mass is 272 g/mol. The fourth-order valence-corrected chi connectivity index (χ4v) is 1.78. The van der Waals surface area contributed by atoms with E-state index in [9.17, 15) is 18.0 Å². The highest BCUT2D eigenvalue weighted by molar-refractivity contribution is 5.85. The number of benzene rings is 1. The molecule has 1 heterocycles. The summed E-state index contributed by atoms with van der Waals surface area (Å²) in [5.41, 5.74) is 4.98. The summed E-state index contributed by atoms with van der Waals surface area (Å²) in [5.74, 6) is -0.564. The summed E-state index contributed by atoms with van der Waals surface area (Å²) in [5, 5.41) is 5.96. The lowest BCUT2D eigenvalue weighted by Crippen LogP contribution is -2.26. The molecular weight excluding hydrogens is 261 g/mol. The predicted molar refractivity (Wildman–Crippen MR) is 63.2 cm³/mol. The number of halogens is 3. The molecule has 3 N–H and O–H groups in total. The average molecular weight is 272 g/mol. The number of carbonyl (C=O) groups excluding carboxylic acids is 1. The highest BCUT2D eigenvalue weighted by Crippen LogP contribution is 2.35. The molecule has 2 rings (SSSR count). The van der Waals surface area contributed by atoms with Gasteiger partial charge in [-0.2, -0.15) is 18.3 Å². The van der Waals surface area contributed by atoms with E-state index in [4.69, 9.17) is 5.73 Å². The van der Waals surface area contributed by atoms with Crippen LogP contribution in [0.2, 0.25) is 0 Å². The first-order chi connectivity index (χ1) is 8.82. The van der Waals surface area contributed by atoms with Crippen LogP contribution >= 0.6 is 0 Å². The molecule has 0 atom stereocenters. The lowest BCUT2D eigenvalue weighted by molar-refractivity contribution is -0.143. The molecule has 0 saturated heterocycles. The zero-order valence-electron chi connectivity index (χ0n) is 9.95. The largest absolute Gasteiger partial charge is 0.433 e. The summed E-state index contributed by atoms with van der Waals surface area (Å²) in [4.78, 5) is 11.2. The number of nitrogens with one attached hydrogen (secondary N) is 1. The minimum absolute atomic E-state index is 0.0781. The molecule has 0 fully saturated rings. The summed E-state index contributed by atoms with van der Waals surface area (Å²) < 4.78 is 39.8. The topological polar surface area (TPSA) is 72.9 Å². The van der Waals surface area contributed by atoms with Crippen LogP contribution in [0.25, 0.3) is 10.9 Å². The molecule has 0 aliphatic rings. The van der Waals surface area contributed by atoms with Gasteiger partial charge in [-0.15, -0.1) is 0 Å². The van der Waals surface area contributed by atoms with Gasteiger partial charge < -0.3 is 11.1 Å². The Morgan fingerprint density at radius 2 is 2.16 bits per heavy atom. The Hall–Kier alpha value is -2.25. The zero-order chi connectivity index (χ0) is 14.2. The van der Waals surface area contributed by atoms with Gasteiger partial charge in [0.15, 0.2) is 5.69 Å². The van der Waals surface area contributed by atoms with Crippen molar-refractivity contribution in [3.8, 4) is 0 Å². The number of alkyl halides is 3. The maximum absolute atomic E-state index is 13.0. The number of amides is 1. The smallest absolute Gasteiger partial charge is 0.399 e. The van der Waals surface area contributed by atoms with Gasteiger partial charge in [0.2, 0.25) is 5.91 Å². The molecule has 19 heavy (non-hydrogen) atoms. The van der Waals surface area contributed by atoms with Crippen molar-refractivity contribution in [2.24, 2.45) is 0 Å². The van der Waals surface area contributed by atoms with E-state index in [0.29, 0.717) is 10.4 Å². The minimum Gasteiger partial charge on any atom is -0.399 e. The number of nitrogens with zero attached hydrogens (tertiary/aromatic N) is 2. The zero-order valence-corrected chi connectivity index (χ0v) is 9.95.